The number of carbonyl (C=O) groups is 1. The first-order valence-electron chi connectivity index (χ1n) is 7.66. The van der Waals surface area contributed by atoms with E-state index in [2.05, 4.69) is 32.4 Å². The number of pyridine rings is 1. The molecule has 6 heteroatoms. The summed E-state index contributed by atoms with van der Waals surface area (Å²) in [5.74, 6) is -0.205. The van der Waals surface area contributed by atoms with Crippen molar-refractivity contribution in [1.29, 1.82) is 0 Å². The third-order valence-corrected chi connectivity index (χ3v) is 5.01. The Bertz CT molecular complexity index is 698. The van der Waals surface area contributed by atoms with Crippen molar-refractivity contribution in [2.45, 2.75) is 45.1 Å². The van der Waals surface area contributed by atoms with Crippen molar-refractivity contribution in [3.8, 4) is 0 Å². The first-order valence-corrected chi connectivity index (χ1v) is 8.54. The number of aryl methyl sites for hydroxylation is 1. The molecule has 0 aromatic carbocycles. The number of rotatable bonds is 3. The predicted molar refractivity (Wildman–Crippen MR) is 86.4 cm³/mol. The molecule has 0 unspecified atom stereocenters. The molecule has 1 amide bonds. The number of nitrogens with one attached hydrogen (secondary N) is 1. The lowest BCUT2D eigenvalue weighted by molar-refractivity contribution is 0.0952. The Hall–Kier alpha value is -1.95. The van der Waals surface area contributed by atoms with Crippen LogP contribution >= 0.6 is 11.3 Å². The molecule has 1 N–H and O–H groups in total. The Balaban J connectivity index is 1.81. The maximum Gasteiger partial charge on any atom is 0.271 e. The van der Waals surface area contributed by atoms with E-state index in [-0.39, 0.29) is 5.91 Å². The SMILES string of the molecule is Cc1cs/c(=N\NC(=O)c2ccncc2)n1C1CCCCC1. The van der Waals surface area contributed by atoms with Gasteiger partial charge in [-0.25, -0.2) is 5.43 Å². The van der Waals surface area contributed by atoms with Gasteiger partial charge in [0.1, 0.15) is 0 Å². The number of nitrogens with zero attached hydrogens (tertiary/aromatic N) is 3. The molecule has 0 saturated heterocycles. The van der Waals surface area contributed by atoms with E-state index < -0.39 is 0 Å². The van der Waals surface area contributed by atoms with E-state index in [9.17, 15) is 4.79 Å². The summed E-state index contributed by atoms with van der Waals surface area (Å²) in [7, 11) is 0. The topological polar surface area (TPSA) is 59.3 Å². The molecule has 116 valence electrons. The third-order valence-electron chi connectivity index (χ3n) is 4.06. The molecular formula is C16H20N4OS. The van der Waals surface area contributed by atoms with Gasteiger partial charge in [0, 0.05) is 35.1 Å². The van der Waals surface area contributed by atoms with Crippen LogP contribution in [0, 0.1) is 6.92 Å². The Morgan fingerprint density at radius 3 is 2.77 bits per heavy atom. The quantitative estimate of drug-likeness (QED) is 0.885. The lowest BCUT2D eigenvalue weighted by atomic mass is 9.95. The van der Waals surface area contributed by atoms with Crippen LogP contribution in [0.15, 0.2) is 35.0 Å². The van der Waals surface area contributed by atoms with Crippen LogP contribution in [0.1, 0.15) is 54.2 Å². The highest BCUT2D eigenvalue weighted by Gasteiger charge is 2.18. The van der Waals surface area contributed by atoms with Crippen LogP contribution < -0.4 is 10.2 Å². The summed E-state index contributed by atoms with van der Waals surface area (Å²) in [5.41, 5.74) is 4.44. The highest BCUT2D eigenvalue weighted by Crippen LogP contribution is 2.28. The Morgan fingerprint density at radius 2 is 2.05 bits per heavy atom. The fraction of sp³-hybridized carbons (Fsp3) is 0.438. The molecule has 22 heavy (non-hydrogen) atoms. The highest BCUT2D eigenvalue weighted by atomic mass is 32.1. The molecule has 1 fully saturated rings. The van der Waals surface area contributed by atoms with Gasteiger partial charge in [-0.1, -0.05) is 19.3 Å². The molecule has 2 aromatic heterocycles. The van der Waals surface area contributed by atoms with Crippen molar-refractivity contribution in [2.24, 2.45) is 5.10 Å². The van der Waals surface area contributed by atoms with Crippen molar-refractivity contribution in [2.75, 3.05) is 0 Å². The molecular weight excluding hydrogens is 296 g/mol. The molecule has 0 aliphatic heterocycles. The number of hydrogen-bond acceptors (Lipinski definition) is 4. The fourth-order valence-electron chi connectivity index (χ4n) is 2.93. The molecule has 0 atom stereocenters. The number of carbonyl (C=O) groups excluding carboxylic acids is 1. The molecule has 0 radical (unpaired) electrons. The summed E-state index contributed by atoms with van der Waals surface area (Å²) in [4.78, 5) is 16.9. The molecule has 1 aliphatic rings. The summed E-state index contributed by atoms with van der Waals surface area (Å²) >= 11 is 1.58. The Labute approximate surface area is 133 Å². The summed E-state index contributed by atoms with van der Waals surface area (Å²) in [6.45, 7) is 2.11. The lowest BCUT2D eigenvalue weighted by Gasteiger charge is -2.24. The summed E-state index contributed by atoms with van der Waals surface area (Å²) in [6.07, 6.45) is 9.47. The van der Waals surface area contributed by atoms with E-state index in [4.69, 9.17) is 0 Å². The van der Waals surface area contributed by atoms with E-state index in [1.165, 1.54) is 37.8 Å². The smallest absolute Gasteiger partial charge is 0.271 e. The summed E-state index contributed by atoms with van der Waals surface area (Å²) in [5, 5.41) is 6.44. The molecule has 0 bridgehead atoms. The molecule has 2 aromatic rings. The molecule has 1 aliphatic carbocycles. The molecule has 1 saturated carbocycles. The second-order valence-electron chi connectivity index (χ2n) is 5.61. The normalized spacial score (nSPS) is 16.7. The number of hydrogen-bond donors (Lipinski definition) is 1. The predicted octanol–water partition coefficient (Wildman–Crippen LogP) is 3.00. The second-order valence-corrected chi connectivity index (χ2v) is 6.45. The van der Waals surface area contributed by atoms with E-state index in [1.54, 1.807) is 35.9 Å². The largest absolute Gasteiger partial charge is 0.317 e. The molecule has 2 heterocycles. The molecule has 0 spiro atoms. The molecule has 3 rings (SSSR count). The lowest BCUT2D eigenvalue weighted by Crippen LogP contribution is -2.28. The van der Waals surface area contributed by atoms with E-state index in [1.807, 2.05) is 0 Å². The fourth-order valence-corrected chi connectivity index (χ4v) is 3.83. The van der Waals surface area contributed by atoms with Gasteiger partial charge in [-0.05, 0) is 31.9 Å². The minimum Gasteiger partial charge on any atom is -0.317 e. The minimum absolute atomic E-state index is 0.205. The highest BCUT2D eigenvalue weighted by molar-refractivity contribution is 7.07. The maximum atomic E-state index is 12.1. The van der Waals surface area contributed by atoms with Gasteiger partial charge in [0.05, 0.1) is 0 Å². The van der Waals surface area contributed by atoms with Crippen molar-refractivity contribution in [3.63, 3.8) is 0 Å². The van der Waals surface area contributed by atoms with E-state index >= 15 is 0 Å². The standard InChI is InChI=1S/C16H20N4OS/c1-12-11-22-16(20(12)14-5-3-2-4-6-14)19-18-15(21)13-7-9-17-10-8-13/h7-11,14H,2-6H2,1H3,(H,18,21)/b19-16-. The average Bonchev–Trinajstić information content (AvgIpc) is 2.95. The van der Waals surface area contributed by atoms with Gasteiger partial charge in [0.2, 0.25) is 4.80 Å². The first kappa shape index (κ1) is 15.0. The third kappa shape index (κ3) is 3.27. The minimum atomic E-state index is -0.205. The average molecular weight is 316 g/mol. The summed E-state index contributed by atoms with van der Waals surface area (Å²) < 4.78 is 2.27. The zero-order valence-electron chi connectivity index (χ0n) is 12.7. The molecule has 5 nitrogen and oxygen atoms in total. The second kappa shape index (κ2) is 6.87. The van der Waals surface area contributed by atoms with Gasteiger partial charge in [-0.2, -0.15) is 0 Å². The van der Waals surface area contributed by atoms with Crippen molar-refractivity contribution < 1.29 is 4.79 Å². The van der Waals surface area contributed by atoms with Gasteiger partial charge < -0.3 is 4.57 Å². The zero-order valence-corrected chi connectivity index (χ0v) is 13.5. The van der Waals surface area contributed by atoms with Crippen LogP contribution in [-0.4, -0.2) is 15.5 Å². The van der Waals surface area contributed by atoms with E-state index in [0.717, 1.165) is 4.80 Å². The van der Waals surface area contributed by atoms with Crippen LogP contribution in [0.4, 0.5) is 0 Å². The van der Waals surface area contributed by atoms with Gasteiger partial charge in [-0.3, -0.25) is 9.78 Å². The van der Waals surface area contributed by atoms with E-state index in [0.29, 0.717) is 11.6 Å². The van der Waals surface area contributed by atoms with Crippen LogP contribution in [-0.2, 0) is 0 Å². The number of aromatic nitrogens is 2. The van der Waals surface area contributed by atoms with Crippen LogP contribution in [0.3, 0.4) is 0 Å². The van der Waals surface area contributed by atoms with Gasteiger partial charge in [0.15, 0.2) is 0 Å². The number of thiazole rings is 1. The van der Waals surface area contributed by atoms with Crippen molar-refractivity contribution >= 4 is 17.2 Å². The van der Waals surface area contributed by atoms with Crippen molar-refractivity contribution in [1.82, 2.24) is 15.0 Å². The van der Waals surface area contributed by atoms with Gasteiger partial charge >= 0.3 is 0 Å². The zero-order chi connectivity index (χ0) is 15.4. The van der Waals surface area contributed by atoms with Gasteiger partial charge in [0.25, 0.3) is 5.91 Å². The Morgan fingerprint density at radius 1 is 1.32 bits per heavy atom. The summed E-state index contributed by atoms with van der Waals surface area (Å²) in [6, 6.07) is 3.87. The monoisotopic (exact) mass is 316 g/mol. The van der Waals surface area contributed by atoms with Crippen LogP contribution in [0.25, 0.3) is 0 Å². The van der Waals surface area contributed by atoms with Gasteiger partial charge in [-0.15, -0.1) is 16.4 Å². The number of amides is 1. The van der Waals surface area contributed by atoms with Crippen LogP contribution in [0.5, 0.6) is 0 Å². The Kier molecular flexibility index (Phi) is 4.68. The van der Waals surface area contributed by atoms with Crippen LogP contribution in [0.2, 0.25) is 0 Å². The maximum absolute atomic E-state index is 12.1. The van der Waals surface area contributed by atoms with Crippen molar-refractivity contribution in [3.05, 3.63) is 46.0 Å². The first-order chi connectivity index (χ1) is 10.8.